The van der Waals surface area contributed by atoms with Crippen LogP contribution in [0.1, 0.15) is 77.2 Å². The van der Waals surface area contributed by atoms with Crippen LogP contribution in [0.4, 0.5) is 26.3 Å². The first-order chi connectivity index (χ1) is 19.3. The maximum Gasteiger partial charge on any atom is 0.416 e. The predicted octanol–water partition coefficient (Wildman–Crippen LogP) is 8.59. The molecule has 1 amide bonds. The molecule has 1 fully saturated rings. The van der Waals surface area contributed by atoms with Gasteiger partial charge in [-0.1, -0.05) is 44.4 Å². The highest BCUT2D eigenvalue weighted by molar-refractivity contribution is 5.95. The average molecular weight is 657 g/mol. The minimum absolute atomic E-state index is 0. The van der Waals surface area contributed by atoms with Gasteiger partial charge in [-0.2, -0.15) is 26.3 Å². The Morgan fingerprint density at radius 3 is 2.14 bits per heavy atom. The lowest BCUT2D eigenvalue weighted by molar-refractivity contribution is -0.143. The number of carbonyl (C=O) groups excluding carboxylic acids is 1. The topological polar surface area (TPSA) is 35.9 Å². The quantitative estimate of drug-likeness (QED) is 0.138. The van der Waals surface area contributed by atoms with Crippen molar-refractivity contribution in [1.82, 2.24) is 9.80 Å². The maximum atomic E-state index is 13.5. The molecule has 1 aliphatic heterocycles. The zero-order valence-electron chi connectivity index (χ0n) is 24.7. The molecule has 2 aromatic carbocycles. The molecule has 0 N–H and O–H groups in total. The normalized spacial score (nSPS) is 16.2. The minimum Gasteiger partial charge on any atom is -0.333 e. The van der Waals surface area contributed by atoms with Crippen molar-refractivity contribution in [3.8, 4) is 0 Å². The second-order valence-electron chi connectivity index (χ2n) is 10.8. The van der Waals surface area contributed by atoms with Crippen molar-refractivity contribution in [2.45, 2.75) is 77.7 Å². The van der Waals surface area contributed by atoms with Crippen molar-refractivity contribution < 1.29 is 31.1 Å². The van der Waals surface area contributed by atoms with E-state index in [-0.39, 0.29) is 37.4 Å². The lowest BCUT2D eigenvalue weighted by atomic mass is 9.97. The van der Waals surface area contributed by atoms with E-state index in [9.17, 15) is 31.1 Å². The van der Waals surface area contributed by atoms with Crippen LogP contribution in [0, 0.1) is 13.8 Å². The molecule has 0 radical (unpaired) electrons. The Balaban J connectivity index is 0.00000462. The molecule has 1 heterocycles. The lowest BCUT2D eigenvalue weighted by Crippen LogP contribution is -2.56. The summed E-state index contributed by atoms with van der Waals surface area (Å²) in [6.45, 7) is 8.70. The molecule has 1 atom stereocenters. The van der Waals surface area contributed by atoms with Gasteiger partial charge in [-0.05, 0) is 74.2 Å². The summed E-state index contributed by atoms with van der Waals surface area (Å²) in [7, 11) is 0. The number of carbonyl (C=O) groups is 1. The van der Waals surface area contributed by atoms with Crippen LogP contribution in [0.15, 0.2) is 41.4 Å². The molecular weight excluding hydrogens is 615 g/mol. The molecule has 0 spiro atoms. The molecule has 1 saturated heterocycles. The molecule has 1 aliphatic rings. The summed E-state index contributed by atoms with van der Waals surface area (Å²) >= 11 is 0. The zero-order valence-corrected chi connectivity index (χ0v) is 26.4. The molecule has 0 saturated carbocycles. The lowest BCUT2D eigenvalue weighted by Gasteiger charge is -2.42. The highest BCUT2D eigenvalue weighted by Crippen LogP contribution is 2.37. The van der Waals surface area contributed by atoms with Gasteiger partial charge in [0.15, 0.2) is 0 Å². The van der Waals surface area contributed by atoms with Crippen molar-refractivity contribution in [2.75, 3.05) is 32.7 Å². The number of aliphatic imine (C=N–C) groups is 1. The molecule has 4 nitrogen and oxygen atoms in total. The van der Waals surface area contributed by atoms with Crippen molar-refractivity contribution in [3.63, 3.8) is 0 Å². The number of unbranched alkanes of at least 4 members (excludes halogenated alkanes) is 3. The van der Waals surface area contributed by atoms with Gasteiger partial charge in [-0.15, -0.1) is 24.8 Å². The van der Waals surface area contributed by atoms with Crippen LogP contribution in [-0.2, 0) is 18.8 Å². The van der Waals surface area contributed by atoms with Crippen LogP contribution in [-0.4, -0.2) is 60.7 Å². The molecule has 242 valence electrons. The monoisotopic (exact) mass is 655 g/mol. The predicted molar refractivity (Wildman–Crippen MR) is 164 cm³/mol. The number of alkyl halides is 6. The van der Waals surface area contributed by atoms with Gasteiger partial charge in [0, 0.05) is 44.3 Å². The first-order valence-electron chi connectivity index (χ1n) is 14.2. The molecule has 0 aliphatic carbocycles. The third-order valence-electron chi connectivity index (χ3n) is 7.55. The largest absolute Gasteiger partial charge is 0.416 e. The summed E-state index contributed by atoms with van der Waals surface area (Å²) in [5.41, 5.74) is -0.476. The Morgan fingerprint density at radius 1 is 0.907 bits per heavy atom. The minimum atomic E-state index is -5.02. The number of amides is 1. The van der Waals surface area contributed by atoms with Crippen LogP contribution in [0.5, 0.6) is 0 Å². The molecule has 0 aromatic heterocycles. The van der Waals surface area contributed by atoms with Crippen molar-refractivity contribution in [2.24, 2.45) is 4.99 Å². The number of aryl methyl sites for hydroxylation is 2. The molecule has 12 heteroatoms. The number of hydrogen-bond donors (Lipinski definition) is 0. The Hall–Kier alpha value is -2.30. The van der Waals surface area contributed by atoms with E-state index in [1.54, 1.807) is 0 Å². The summed E-state index contributed by atoms with van der Waals surface area (Å²) in [5.74, 6) is -0.830. The standard InChI is InChI=1S/C31H39F6N3O.2ClH/c1-4-5-6-7-11-38-12-8-13-39-14-15-40(28(21-39)17-24-10-9-22(2)23(3)16-24)29(41)25-18-26(30(32,33)34)20-27(19-25)31(35,36)37;;/h9-10,12,16,18-20,28H,4-8,11,13-15,17,21H2,1-3H3;2*1H/t28-;;/m1../s1. The SMILES string of the molecule is CCCCCCN=CCCN1CCN(C(=O)c2cc(C(F)(F)F)cc(C(F)(F)F)c2)[C@H](Cc2ccc(C)c(C)c2)C1.Cl.Cl. The smallest absolute Gasteiger partial charge is 0.333 e. The fourth-order valence-electron chi connectivity index (χ4n) is 5.06. The van der Waals surface area contributed by atoms with Crippen molar-refractivity contribution in [1.29, 1.82) is 0 Å². The van der Waals surface area contributed by atoms with Gasteiger partial charge >= 0.3 is 12.4 Å². The molecule has 43 heavy (non-hydrogen) atoms. The van der Waals surface area contributed by atoms with E-state index < -0.39 is 41.0 Å². The molecule has 3 rings (SSSR count). The summed E-state index contributed by atoms with van der Waals surface area (Å²) in [6, 6.07) is 6.59. The molecule has 2 aromatic rings. The van der Waals surface area contributed by atoms with Gasteiger partial charge in [0.2, 0.25) is 0 Å². The van der Waals surface area contributed by atoms with Gasteiger partial charge in [-0.25, -0.2) is 0 Å². The van der Waals surface area contributed by atoms with Crippen LogP contribution >= 0.6 is 24.8 Å². The van der Waals surface area contributed by atoms with Gasteiger partial charge in [0.25, 0.3) is 5.91 Å². The number of piperazine rings is 1. The highest BCUT2D eigenvalue weighted by Gasteiger charge is 2.39. The first kappa shape index (κ1) is 38.7. The van der Waals surface area contributed by atoms with Gasteiger partial charge in [-0.3, -0.25) is 14.7 Å². The fourth-order valence-corrected chi connectivity index (χ4v) is 5.06. The van der Waals surface area contributed by atoms with E-state index in [1.807, 2.05) is 38.3 Å². The Bertz CT molecular complexity index is 1170. The Morgan fingerprint density at radius 2 is 1.56 bits per heavy atom. The van der Waals surface area contributed by atoms with Crippen LogP contribution in [0.3, 0.4) is 0 Å². The molecular formula is C31H41Cl2F6N3O. The number of hydrogen-bond acceptors (Lipinski definition) is 3. The number of benzene rings is 2. The third kappa shape index (κ3) is 11.6. The van der Waals surface area contributed by atoms with Gasteiger partial charge in [0.05, 0.1) is 11.1 Å². The second-order valence-corrected chi connectivity index (χ2v) is 10.8. The van der Waals surface area contributed by atoms with E-state index in [0.717, 1.165) is 42.5 Å². The van der Waals surface area contributed by atoms with E-state index in [0.29, 0.717) is 38.2 Å². The maximum absolute atomic E-state index is 13.5. The second kappa shape index (κ2) is 17.3. The average Bonchev–Trinajstić information content (AvgIpc) is 2.91. The highest BCUT2D eigenvalue weighted by atomic mass is 35.5. The third-order valence-corrected chi connectivity index (χ3v) is 7.55. The fraction of sp³-hybridized carbons (Fsp3) is 0.548. The van der Waals surface area contributed by atoms with E-state index in [1.165, 1.54) is 17.7 Å². The summed E-state index contributed by atoms with van der Waals surface area (Å²) in [6.07, 6.45) is -2.42. The Kier molecular flexibility index (Phi) is 15.5. The summed E-state index contributed by atoms with van der Waals surface area (Å²) in [4.78, 5) is 21.6. The zero-order chi connectivity index (χ0) is 30.2. The van der Waals surface area contributed by atoms with E-state index >= 15 is 0 Å². The van der Waals surface area contributed by atoms with Gasteiger partial charge in [0.1, 0.15) is 0 Å². The first-order valence-corrected chi connectivity index (χ1v) is 14.2. The number of nitrogens with zero attached hydrogens (tertiary/aromatic N) is 3. The van der Waals surface area contributed by atoms with Crippen LogP contribution < -0.4 is 0 Å². The van der Waals surface area contributed by atoms with Crippen LogP contribution in [0.25, 0.3) is 0 Å². The van der Waals surface area contributed by atoms with Crippen molar-refractivity contribution >= 4 is 36.9 Å². The van der Waals surface area contributed by atoms with Crippen molar-refractivity contribution in [3.05, 3.63) is 69.8 Å². The molecule has 0 bridgehead atoms. The number of halogens is 8. The molecule has 0 unspecified atom stereocenters. The summed E-state index contributed by atoms with van der Waals surface area (Å²) in [5, 5.41) is 0. The van der Waals surface area contributed by atoms with E-state index in [4.69, 9.17) is 0 Å². The Labute approximate surface area is 262 Å². The summed E-state index contributed by atoms with van der Waals surface area (Å²) < 4.78 is 80.8. The van der Waals surface area contributed by atoms with Crippen LogP contribution in [0.2, 0.25) is 0 Å². The van der Waals surface area contributed by atoms with E-state index in [2.05, 4.69) is 16.8 Å². The van der Waals surface area contributed by atoms with Gasteiger partial charge < -0.3 is 4.90 Å². The number of rotatable bonds is 11.